The van der Waals surface area contributed by atoms with Crippen LogP contribution in [0.2, 0.25) is 0 Å². The number of piperidine rings is 1. The van der Waals surface area contributed by atoms with Crippen LogP contribution < -0.4 is 5.69 Å². The highest BCUT2D eigenvalue weighted by Crippen LogP contribution is 2.17. The average Bonchev–Trinajstić information content (AvgIpc) is 2.84. The number of amides is 1. The van der Waals surface area contributed by atoms with E-state index in [-0.39, 0.29) is 6.54 Å². The number of pyridine rings is 1. The van der Waals surface area contributed by atoms with E-state index in [0.29, 0.717) is 18.6 Å². The third kappa shape index (κ3) is 2.47. The van der Waals surface area contributed by atoms with Crippen LogP contribution in [0.25, 0.3) is 5.65 Å². The molecule has 1 atom stereocenters. The number of rotatable bonds is 3. The van der Waals surface area contributed by atoms with Crippen molar-refractivity contribution in [3.05, 3.63) is 34.9 Å². The maximum Gasteiger partial charge on any atom is 0.350 e. The number of carbonyl (C=O) groups is 2. The molecule has 8 heteroatoms. The van der Waals surface area contributed by atoms with Gasteiger partial charge in [0.15, 0.2) is 5.65 Å². The summed E-state index contributed by atoms with van der Waals surface area (Å²) < 4.78 is 2.42. The number of aliphatic carboxylic acids is 1. The number of likely N-dealkylation sites (tertiary alicyclic amines) is 1. The zero-order valence-corrected chi connectivity index (χ0v) is 11.9. The molecule has 22 heavy (non-hydrogen) atoms. The molecule has 0 saturated carbocycles. The van der Waals surface area contributed by atoms with Gasteiger partial charge in [0, 0.05) is 12.7 Å². The lowest BCUT2D eigenvalue weighted by molar-refractivity contribution is -0.152. The van der Waals surface area contributed by atoms with Gasteiger partial charge in [-0.3, -0.25) is 9.20 Å². The van der Waals surface area contributed by atoms with E-state index in [0.717, 1.165) is 17.5 Å². The second-order valence-electron chi connectivity index (χ2n) is 5.31. The van der Waals surface area contributed by atoms with E-state index in [2.05, 4.69) is 5.10 Å². The third-order valence-corrected chi connectivity index (χ3v) is 3.88. The van der Waals surface area contributed by atoms with Crippen LogP contribution in [0, 0.1) is 0 Å². The van der Waals surface area contributed by atoms with Gasteiger partial charge >= 0.3 is 11.7 Å². The van der Waals surface area contributed by atoms with E-state index in [9.17, 15) is 19.5 Å². The van der Waals surface area contributed by atoms with Crippen molar-refractivity contribution >= 4 is 17.5 Å². The number of hydrogen-bond donors (Lipinski definition) is 1. The number of nitrogens with zero attached hydrogens (tertiary/aromatic N) is 4. The minimum absolute atomic E-state index is 0.246. The number of hydrogen-bond acceptors (Lipinski definition) is 4. The molecule has 1 aliphatic rings. The number of carbonyl (C=O) groups excluding carboxylic acids is 1. The van der Waals surface area contributed by atoms with Gasteiger partial charge in [0.05, 0.1) is 0 Å². The maximum atomic E-state index is 12.4. The Hall–Kier alpha value is -2.64. The summed E-state index contributed by atoms with van der Waals surface area (Å²) in [6.45, 7) is 0.155. The Morgan fingerprint density at radius 1 is 1.32 bits per heavy atom. The molecule has 0 aromatic carbocycles. The Balaban J connectivity index is 1.84. The van der Waals surface area contributed by atoms with Crippen molar-refractivity contribution < 1.29 is 14.7 Å². The van der Waals surface area contributed by atoms with Crippen molar-refractivity contribution in [1.29, 1.82) is 0 Å². The highest BCUT2D eigenvalue weighted by molar-refractivity contribution is 5.83. The van der Waals surface area contributed by atoms with Crippen LogP contribution in [0.15, 0.2) is 29.2 Å². The van der Waals surface area contributed by atoms with Crippen molar-refractivity contribution in [1.82, 2.24) is 19.1 Å². The van der Waals surface area contributed by atoms with Gasteiger partial charge in [-0.05, 0) is 31.4 Å². The largest absolute Gasteiger partial charge is 0.480 e. The number of carboxylic acid groups (broad SMARTS) is 1. The van der Waals surface area contributed by atoms with E-state index < -0.39 is 23.6 Å². The molecule has 1 aliphatic heterocycles. The average molecular weight is 304 g/mol. The summed E-state index contributed by atoms with van der Waals surface area (Å²) in [4.78, 5) is 37.1. The predicted octanol–water partition coefficient (Wildman–Crippen LogP) is -0.0383. The molecule has 2 aromatic heterocycles. The molecule has 2 aromatic rings. The Bertz CT molecular complexity index is 778. The summed E-state index contributed by atoms with van der Waals surface area (Å²) in [5.74, 6) is -1.40. The number of carboxylic acids is 1. The fourth-order valence-electron chi connectivity index (χ4n) is 2.78. The van der Waals surface area contributed by atoms with Gasteiger partial charge in [0.1, 0.15) is 12.6 Å². The molecule has 1 saturated heterocycles. The van der Waals surface area contributed by atoms with Gasteiger partial charge in [0.25, 0.3) is 0 Å². The molecule has 116 valence electrons. The van der Waals surface area contributed by atoms with Crippen molar-refractivity contribution in [3.8, 4) is 0 Å². The zero-order chi connectivity index (χ0) is 15.7. The zero-order valence-electron chi connectivity index (χ0n) is 11.9. The molecule has 3 rings (SSSR count). The third-order valence-electron chi connectivity index (χ3n) is 3.88. The van der Waals surface area contributed by atoms with E-state index in [1.807, 2.05) is 0 Å². The minimum Gasteiger partial charge on any atom is -0.480 e. The van der Waals surface area contributed by atoms with Crippen LogP contribution >= 0.6 is 0 Å². The van der Waals surface area contributed by atoms with Crippen LogP contribution in [-0.2, 0) is 16.1 Å². The van der Waals surface area contributed by atoms with E-state index >= 15 is 0 Å². The van der Waals surface area contributed by atoms with Crippen LogP contribution in [0.4, 0.5) is 0 Å². The maximum absolute atomic E-state index is 12.4. The predicted molar refractivity (Wildman–Crippen MR) is 76.4 cm³/mol. The smallest absolute Gasteiger partial charge is 0.350 e. The fourth-order valence-corrected chi connectivity index (χ4v) is 2.78. The number of fused-ring (bicyclic) bond motifs is 1. The highest BCUT2D eigenvalue weighted by Gasteiger charge is 2.32. The molecular weight excluding hydrogens is 288 g/mol. The van der Waals surface area contributed by atoms with Crippen molar-refractivity contribution in [2.24, 2.45) is 0 Å². The van der Waals surface area contributed by atoms with Gasteiger partial charge in [0.2, 0.25) is 5.91 Å². The van der Waals surface area contributed by atoms with Crippen LogP contribution in [0.5, 0.6) is 0 Å². The Labute approximate surface area is 125 Å². The molecule has 1 N–H and O–H groups in total. The Morgan fingerprint density at radius 2 is 2.14 bits per heavy atom. The Morgan fingerprint density at radius 3 is 2.86 bits per heavy atom. The van der Waals surface area contributed by atoms with Crippen molar-refractivity contribution in [2.45, 2.75) is 31.8 Å². The first-order chi connectivity index (χ1) is 10.6. The van der Waals surface area contributed by atoms with E-state index in [4.69, 9.17) is 0 Å². The van der Waals surface area contributed by atoms with Crippen molar-refractivity contribution in [3.63, 3.8) is 0 Å². The lowest BCUT2D eigenvalue weighted by Crippen LogP contribution is -2.49. The molecule has 1 fully saturated rings. The lowest BCUT2D eigenvalue weighted by atomic mass is 10.0. The monoisotopic (exact) mass is 304 g/mol. The summed E-state index contributed by atoms with van der Waals surface area (Å²) in [6.07, 6.45) is 3.58. The van der Waals surface area contributed by atoms with Gasteiger partial charge in [-0.2, -0.15) is 0 Å². The minimum atomic E-state index is -1.00. The van der Waals surface area contributed by atoms with Gasteiger partial charge in [-0.25, -0.2) is 14.3 Å². The summed E-state index contributed by atoms with van der Waals surface area (Å²) in [5.41, 5.74) is 0.0431. The molecule has 3 heterocycles. The van der Waals surface area contributed by atoms with Crippen LogP contribution in [0.1, 0.15) is 19.3 Å². The van der Waals surface area contributed by atoms with Gasteiger partial charge in [-0.1, -0.05) is 6.07 Å². The molecule has 0 unspecified atom stereocenters. The standard InChI is InChI=1S/C14H16N4O4/c19-12(16-7-3-1-5-10(16)13(20)21)9-18-14(22)17-8-4-2-6-11(17)15-18/h2,4,6,8,10H,1,3,5,7,9H2,(H,20,21)/t10-/m0/s1. The highest BCUT2D eigenvalue weighted by atomic mass is 16.4. The molecule has 1 amide bonds. The second kappa shape index (κ2) is 5.63. The van der Waals surface area contributed by atoms with Crippen LogP contribution in [-0.4, -0.2) is 48.7 Å². The molecule has 0 aliphatic carbocycles. The quantitative estimate of drug-likeness (QED) is 0.858. The first kappa shape index (κ1) is 14.3. The van der Waals surface area contributed by atoms with Crippen molar-refractivity contribution in [2.75, 3.05) is 6.54 Å². The van der Waals surface area contributed by atoms with E-state index in [1.54, 1.807) is 24.4 Å². The first-order valence-corrected chi connectivity index (χ1v) is 7.14. The van der Waals surface area contributed by atoms with E-state index in [1.165, 1.54) is 9.30 Å². The first-order valence-electron chi connectivity index (χ1n) is 7.14. The summed E-state index contributed by atoms with van der Waals surface area (Å²) >= 11 is 0. The molecule has 8 nitrogen and oxygen atoms in total. The second-order valence-corrected chi connectivity index (χ2v) is 5.31. The fraction of sp³-hybridized carbons (Fsp3) is 0.429. The summed E-state index contributed by atoms with van der Waals surface area (Å²) in [7, 11) is 0. The normalized spacial score (nSPS) is 18.5. The summed E-state index contributed by atoms with van der Waals surface area (Å²) in [5, 5.41) is 13.3. The number of aromatic nitrogens is 3. The van der Waals surface area contributed by atoms with Crippen LogP contribution in [0.3, 0.4) is 0 Å². The lowest BCUT2D eigenvalue weighted by Gasteiger charge is -2.32. The Kier molecular flexibility index (Phi) is 3.66. The SMILES string of the molecule is O=C(O)[C@@H]1CCCCN1C(=O)Cn1nc2ccccn2c1=O. The summed E-state index contributed by atoms with van der Waals surface area (Å²) in [6, 6.07) is 4.31. The molecule has 0 spiro atoms. The topological polar surface area (TPSA) is 96.9 Å². The molecule has 0 bridgehead atoms. The van der Waals surface area contributed by atoms with Gasteiger partial charge in [-0.15, -0.1) is 5.10 Å². The molecule has 0 radical (unpaired) electrons. The van der Waals surface area contributed by atoms with Gasteiger partial charge < -0.3 is 10.0 Å². The molecular formula is C14H16N4O4.